The van der Waals surface area contributed by atoms with Gasteiger partial charge in [-0.1, -0.05) is 18.2 Å². The molecule has 1 aliphatic rings. The normalized spacial score (nSPS) is 13.0. The van der Waals surface area contributed by atoms with Gasteiger partial charge in [0.1, 0.15) is 5.75 Å². The van der Waals surface area contributed by atoms with E-state index in [2.05, 4.69) is 5.32 Å². The molecule has 0 aromatic heterocycles. The lowest BCUT2D eigenvalue weighted by atomic mass is 10.1. The second-order valence-corrected chi connectivity index (χ2v) is 5.79. The number of hydrogen-bond donors (Lipinski definition) is 1. The van der Waals surface area contributed by atoms with Crippen molar-refractivity contribution in [3.05, 3.63) is 59.2 Å². The third-order valence-electron chi connectivity index (χ3n) is 4.19. The van der Waals surface area contributed by atoms with Gasteiger partial charge in [-0.3, -0.25) is 19.3 Å². The summed E-state index contributed by atoms with van der Waals surface area (Å²) in [6.07, 6.45) is 0.839. The zero-order valence-corrected chi connectivity index (χ0v) is 14.0. The summed E-state index contributed by atoms with van der Waals surface area (Å²) in [5.74, 6) is -0.195. The molecule has 0 saturated heterocycles. The topological polar surface area (TPSA) is 75.7 Å². The summed E-state index contributed by atoms with van der Waals surface area (Å²) in [5, 5.41) is 2.74. The number of anilines is 1. The zero-order chi connectivity index (χ0) is 18.0. The predicted octanol–water partition coefficient (Wildman–Crippen LogP) is 2.49. The maximum Gasteiger partial charge on any atom is 0.263 e. The van der Waals surface area contributed by atoms with Crippen LogP contribution < -0.4 is 10.1 Å². The molecule has 0 radical (unpaired) electrons. The molecular weight excluding hydrogens is 320 g/mol. The molecular formula is C19H18N2O4. The lowest BCUT2D eigenvalue weighted by Crippen LogP contribution is -2.24. The van der Waals surface area contributed by atoms with E-state index in [4.69, 9.17) is 4.74 Å². The molecule has 128 valence electrons. The molecule has 0 saturated carbocycles. The standard InChI is InChI=1S/C19H18N2O4/c1-21-18(23)14-4-3-5-15(17(14)19(21)24)20-16(22)11-8-12-6-9-13(25-2)10-7-12/h3-7,9-10H,8,11H2,1-2H3,(H,20,22). The molecule has 0 unspecified atom stereocenters. The van der Waals surface area contributed by atoms with Crippen molar-refractivity contribution in [2.45, 2.75) is 12.8 Å². The Labute approximate surface area is 145 Å². The van der Waals surface area contributed by atoms with Gasteiger partial charge in [-0.2, -0.15) is 0 Å². The van der Waals surface area contributed by atoms with Crippen LogP contribution in [-0.4, -0.2) is 36.8 Å². The molecule has 6 nitrogen and oxygen atoms in total. The summed E-state index contributed by atoms with van der Waals surface area (Å²) < 4.78 is 5.10. The molecule has 1 N–H and O–H groups in total. The van der Waals surface area contributed by atoms with Gasteiger partial charge in [0, 0.05) is 13.5 Å². The van der Waals surface area contributed by atoms with E-state index in [9.17, 15) is 14.4 Å². The van der Waals surface area contributed by atoms with Crippen LogP contribution in [0.4, 0.5) is 5.69 Å². The fraction of sp³-hybridized carbons (Fsp3) is 0.211. The first-order valence-corrected chi connectivity index (χ1v) is 7.89. The predicted molar refractivity (Wildman–Crippen MR) is 92.8 cm³/mol. The summed E-state index contributed by atoms with van der Waals surface area (Å²) in [4.78, 5) is 37.5. The van der Waals surface area contributed by atoms with Crippen molar-refractivity contribution in [1.82, 2.24) is 4.90 Å². The van der Waals surface area contributed by atoms with Gasteiger partial charge in [-0.15, -0.1) is 0 Å². The van der Waals surface area contributed by atoms with Crippen molar-refractivity contribution >= 4 is 23.4 Å². The van der Waals surface area contributed by atoms with Gasteiger partial charge in [-0.05, 0) is 36.2 Å². The number of hydrogen-bond acceptors (Lipinski definition) is 4. The van der Waals surface area contributed by atoms with Crippen molar-refractivity contribution < 1.29 is 19.1 Å². The summed E-state index contributed by atoms with van der Waals surface area (Å²) in [6.45, 7) is 0. The van der Waals surface area contributed by atoms with Crippen molar-refractivity contribution in [2.75, 3.05) is 19.5 Å². The fourth-order valence-corrected chi connectivity index (χ4v) is 2.77. The monoisotopic (exact) mass is 338 g/mol. The molecule has 0 bridgehead atoms. The first kappa shape index (κ1) is 16.7. The second-order valence-electron chi connectivity index (χ2n) is 5.79. The highest BCUT2D eigenvalue weighted by Gasteiger charge is 2.35. The van der Waals surface area contributed by atoms with Crippen LogP contribution in [0.1, 0.15) is 32.7 Å². The van der Waals surface area contributed by atoms with E-state index >= 15 is 0 Å². The third kappa shape index (κ3) is 3.24. The molecule has 0 atom stereocenters. The van der Waals surface area contributed by atoms with Crippen molar-refractivity contribution in [3.8, 4) is 5.75 Å². The molecule has 2 aromatic carbocycles. The SMILES string of the molecule is COc1ccc(CCC(=O)Nc2cccc3c2C(=O)N(C)C3=O)cc1. The van der Waals surface area contributed by atoms with E-state index in [1.54, 1.807) is 25.3 Å². The number of carbonyl (C=O) groups is 3. The van der Waals surface area contributed by atoms with Crippen LogP contribution in [0.25, 0.3) is 0 Å². The summed E-state index contributed by atoms with van der Waals surface area (Å²) in [5.41, 5.74) is 1.97. The highest BCUT2D eigenvalue weighted by molar-refractivity contribution is 6.24. The summed E-state index contributed by atoms with van der Waals surface area (Å²) >= 11 is 0. The molecule has 25 heavy (non-hydrogen) atoms. The van der Waals surface area contributed by atoms with Gasteiger partial charge in [-0.25, -0.2) is 0 Å². The van der Waals surface area contributed by atoms with Crippen LogP contribution in [0, 0.1) is 0 Å². The maximum atomic E-state index is 12.2. The molecule has 0 spiro atoms. The number of nitrogens with zero attached hydrogens (tertiary/aromatic N) is 1. The number of ether oxygens (including phenoxy) is 1. The molecule has 1 heterocycles. The zero-order valence-electron chi connectivity index (χ0n) is 14.0. The van der Waals surface area contributed by atoms with Crippen molar-refractivity contribution in [3.63, 3.8) is 0 Å². The largest absolute Gasteiger partial charge is 0.497 e. The molecule has 0 fully saturated rings. The number of imide groups is 1. The number of methoxy groups -OCH3 is 1. The highest BCUT2D eigenvalue weighted by Crippen LogP contribution is 2.28. The smallest absolute Gasteiger partial charge is 0.263 e. The number of rotatable bonds is 5. The Bertz CT molecular complexity index is 843. The van der Waals surface area contributed by atoms with Gasteiger partial charge >= 0.3 is 0 Å². The molecule has 2 aromatic rings. The number of fused-ring (bicyclic) bond motifs is 1. The number of carbonyl (C=O) groups excluding carboxylic acids is 3. The van der Waals surface area contributed by atoms with Crippen LogP contribution in [-0.2, 0) is 11.2 Å². The van der Waals surface area contributed by atoms with E-state index in [0.717, 1.165) is 16.2 Å². The van der Waals surface area contributed by atoms with Gasteiger partial charge in [0.2, 0.25) is 5.91 Å². The first-order chi connectivity index (χ1) is 12.0. The Balaban J connectivity index is 1.68. The molecule has 3 rings (SSSR count). The Morgan fingerprint density at radius 1 is 1.08 bits per heavy atom. The Morgan fingerprint density at radius 2 is 1.80 bits per heavy atom. The molecule has 0 aliphatic carbocycles. The number of aryl methyl sites for hydroxylation is 1. The molecule has 1 aliphatic heterocycles. The van der Waals surface area contributed by atoms with Crippen LogP contribution in [0.3, 0.4) is 0 Å². The van der Waals surface area contributed by atoms with Crippen LogP contribution >= 0.6 is 0 Å². The van der Waals surface area contributed by atoms with Gasteiger partial charge in [0.15, 0.2) is 0 Å². The summed E-state index contributed by atoms with van der Waals surface area (Å²) in [6, 6.07) is 12.4. The molecule has 6 heteroatoms. The highest BCUT2D eigenvalue weighted by atomic mass is 16.5. The van der Waals surface area contributed by atoms with Crippen molar-refractivity contribution in [2.24, 2.45) is 0 Å². The third-order valence-corrected chi connectivity index (χ3v) is 4.19. The van der Waals surface area contributed by atoms with Crippen LogP contribution in [0.15, 0.2) is 42.5 Å². The maximum absolute atomic E-state index is 12.2. The lowest BCUT2D eigenvalue weighted by molar-refractivity contribution is -0.116. The van der Waals surface area contributed by atoms with E-state index in [1.807, 2.05) is 24.3 Å². The summed E-state index contributed by atoms with van der Waals surface area (Å²) in [7, 11) is 3.03. The average Bonchev–Trinajstić information content (AvgIpc) is 2.85. The lowest BCUT2D eigenvalue weighted by Gasteiger charge is -2.09. The first-order valence-electron chi connectivity index (χ1n) is 7.89. The van der Waals surface area contributed by atoms with E-state index in [0.29, 0.717) is 17.7 Å². The van der Waals surface area contributed by atoms with E-state index in [-0.39, 0.29) is 23.8 Å². The minimum atomic E-state index is -0.397. The number of amides is 3. The Morgan fingerprint density at radius 3 is 2.48 bits per heavy atom. The van der Waals surface area contributed by atoms with Gasteiger partial charge < -0.3 is 10.1 Å². The quantitative estimate of drug-likeness (QED) is 0.850. The van der Waals surface area contributed by atoms with Gasteiger partial charge in [0.25, 0.3) is 11.8 Å². The Kier molecular flexibility index (Phi) is 4.52. The number of nitrogens with one attached hydrogen (secondary N) is 1. The minimum Gasteiger partial charge on any atom is -0.497 e. The van der Waals surface area contributed by atoms with Crippen LogP contribution in [0.5, 0.6) is 5.75 Å². The van der Waals surface area contributed by atoms with E-state index in [1.165, 1.54) is 7.05 Å². The number of benzene rings is 2. The second kappa shape index (κ2) is 6.76. The Hall–Kier alpha value is -3.15. The average molecular weight is 338 g/mol. The van der Waals surface area contributed by atoms with Crippen molar-refractivity contribution in [1.29, 1.82) is 0 Å². The molecule has 3 amide bonds. The minimum absolute atomic E-state index is 0.209. The fourth-order valence-electron chi connectivity index (χ4n) is 2.77. The van der Waals surface area contributed by atoms with Crippen LogP contribution in [0.2, 0.25) is 0 Å². The van der Waals surface area contributed by atoms with Gasteiger partial charge in [0.05, 0.1) is 23.9 Å². The van der Waals surface area contributed by atoms with E-state index < -0.39 is 5.91 Å².